The van der Waals surface area contributed by atoms with E-state index in [2.05, 4.69) is 109 Å². The molecule has 48 heavy (non-hydrogen) atoms. The van der Waals surface area contributed by atoms with Crippen molar-refractivity contribution in [3.05, 3.63) is 138 Å². The van der Waals surface area contributed by atoms with Crippen LogP contribution in [0.25, 0.3) is 71.4 Å². The van der Waals surface area contributed by atoms with E-state index < -0.39 is 20.6 Å². The van der Waals surface area contributed by atoms with Gasteiger partial charge in [-0.1, -0.05) is 105 Å². The first-order valence-corrected chi connectivity index (χ1v) is 15.3. The number of imidazole rings is 1. The molecular weight excluding hydrogens is 767 g/mol. The third-order valence-corrected chi connectivity index (χ3v) is 8.52. The summed E-state index contributed by atoms with van der Waals surface area (Å²) in [6.45, 7) is -0.705. The van der Waals surface area contributed by atoms with Crippen LogP contribution in [0, 0.1) is 32.7 Å². The van der Waals surface area contributed by atoms with E-state index in [1.807, 2.05) is 6.07 Å². The normalized spacial score (nSPS) is 15.4. The average molecular weight is 811 g/mol. The molecule has 4 nitrogen and oxygen atoms in total. The van der Waals surface area contributed by atoms with E-state index in [0.29, 0.717) is 5.56 Å². The molecule has 9 aromatic rings. The number of pyridine rings is 2. The molecule has 4 aromatic heterocycles. The maximum absolute atomic E-state index is 7.54. The van der Waals surface area contributed by atoms with Gasteiger partial charge in [-0.15, -0.1) is 46.8 Å². The van der Waals surface area contributed by atoms with E-state index in [1.165, 1.54) is 40.7 Å². The summed E-state index contributed by atoms with van der Waals surface area (Å²) in [5, 5.41) is 6.81. The van der Waals surface area contributed by atoms with Crippen LogP contribution < -0.4 is 0 Å². The van der Waals surface area contributed by atoms with Gasteiger partial charge in [0, 0.05) is 49.7 Å². The number of rotatable bonds is 1. The van der Waals surface area contributed by atoms with Gasteiger partial charge in [-0.25, -0.2) is 0 Å². The Morgan fingerprint density at radius 2 is 1.65 bits per heavy atom. The molecule has 0 saturated carbocycles. The van der Waals surface area contributed by atoms with Crippen LogP contribution in [0.3, 0.4) is 0 Å². The van der Waals surface area contributed by atoms with E-state index in [9.17, 15) is 0 Å². The molecule has 0 amide bonds. The molecule has 0 atom stereocenters. The summed E-state index contributed by atoms with van der Waals surface area (Å²) in [5.41, 5.74) is 5.97. The van der Waals surface area contributed by atoms with Crippen LogP contribution in [0.4, 0.5) is 0 Å². The second-order valence-corrected chi connectivity index (χ2v) is 12.7. The standard InChI is InChI=1S/C29H21N2O.C14H14N.Ir/c1-29(2,3)26-15-18-14-21-25(32-24-13-12-17-8-4-5-9-19(17)27(21)24)16-20(18)28-30-22-10-6-7-11-23(22)31(26)28;1-10-4-6-13(7-5-10)14-8-11(2)12(3)9-15-14;/h4-15H,1-3H3;4-6,8-9H,1-3H3;/q2*-1;/i;1D3,2D3,3D3;. The van der Waals surface area contributed by atoms with E-state index in [-0.39, 0.29) is 47.9 Å². The number of hydrogen-bond donors (Lipinski definition) is 0. The first-order valence-electron chi connectivity index (χ1n) is 19.8. The van der Waals surface area contributed by atoms with Gasteiger partial charge in [-0.2, -0.15) is 0 Å². The minimum Gasteiger partial charge on any atom is -0.477 e. The summed E-state index contributed by atoms with van der Waals surface area (Å²) >= 11 is 0. The summed E-state index contributed by atoms with van der Waals surface area (Å²) in [6.07, 6.45) is 1.02. The van der Waals surface area contributed by atoms with Crippen LogP contribution in [0.5, 0.6) is 0 Å². The minimum absolute atomic E-state index is 0. The zero-order valence-electron chi connectivity index (χ0n) is 35.4. The summed E-state index contributed by atoms with van der Waals surface area (Å²) < 4.78 is 75.5. The fourth-order valence-corrected chi connectivity index (χ4v) is 6.22. The van der Waals surface area contributed by atoms with Gasteiger partial charge in [-0.3, -0.25) is 4.98 Å². The van der Waals surface area contributed by atoms with Crippen molar-refractivity contribution in [1.82, 2.24) is 14.4 Å². The second kappa shape index (κ2) is 12.0. The number of nitrogens with zero attached hydrogens (tertiary/aromatic N) is 3. The zero-order chi connectivity index (χ0) is 39.9. The third kappa shape index (κ3) is 5.38. The van der Waals surface area contributed by atoms with Gasteiger partial charge in [0.15, 0.2) is 0 Å². The quantitative estimate of drug-likeness (QED) is 0.155. The largest absolute Gasteiger partial charge is 0.477 e. The molecule has 1 radical (unpaired) electrons. The Bertz CT molecular complexity index is 2970. The smallest absolute Gasteiger partial charge is 0.124 e. The van der Waals surface area contributed by atoms with E-state index in [1.54, 1.807) is 0 Å². The van der Waals surface area contributed by atoms with Crippen LogP contribution in [0.1, 0.15) is 55.5 Å². The first kappa shape index (κ1) is 22.7. The van der Waals surface area contributed by atoms with Gasteiger partial charge in [-0.05, 0) is 59.3 Å². The van der Waals surface area contributed by atoms with Crippen molar-refractivity contribution in [2.24, 2.45) is 0 Å². The summed E-state index contributed by atoms with van der Waals surface area (Å²) in [4.78, 5) is 9.02. The molecular formula is C43H35IrN3O-2. The van der Waals surface area contributed by atoms with E-state index >= 15 is 0 Å². The van der Waals surface area contributed by atoms with Gasteiger partial charge in [0.1, 0.15) is 5.58 Å². The first-order chi connectivity index (χ1) is 26.3. The number of para-hydroxylation sites is 2. The van der Waals surface area contributed by atoms with Crippen molar-refractivity contribution in [3.63, 3.8) is 0 Å². The van der Waals surface area contributed by atoms with E-state index in [4.69, 9.17) is 21.7 Å². The molecule has 0 spiro atoms. The summed E-state index contributed by atoms with van der Waals surface area (Å²) in [7, 11) is 0. The molecule has 0 aliphatic carbocycles. The topological polar surface area (TPSA) is 43.3 Å². The fourth-order valence-electron chi connectivity index (χ4n) is 6.22. The molecule has 5 heteroatoms. The molecule has 0 unspecified atom stereocenters. The van der Waals surface area contributed by atoms with Gasteiger partial charge >= 0.3 is 0 Å². The maximum Gasteiger partial charge on any atom is 0.124 e. The van der Waals surface area contributed by atoms with Gasteiger partial charge in [0.05, 0.1) is 22.3 Å². The molecule has 0 fully saturated rings. The van der Waals surface area contributed by atoms with Crippen molar-refractivity contribution in [2.75, 3.05) is 0 Å². The van der Waals surface area contributed by atoms with Crippen LogP contribution in [-0.2, 0) is 25.5 Å². The van der Waals surface area contributed by atoms with Crippen molar-refractivity contribution >= 4 is 60.2 Å². The maximum atomic E-state index is 7.54. The van der Waals surface area contributed by atoms with Crippen molar-refractivity contribution in [1.29, 1.82) is 0 Å². The van der Waals surface area contributed by atoms with Crippen molar-refractivity contribution < 1.29 is 36.9 Å². The number of furan rings is 1. The molecule has 0 N–H and O–H groups in total. The van der Waals surface area contributed by atoms with Crippen LogP contribution in [-0.4, -0.2) is 14.4 Å². The Labute approximate surface area is 306 Å². The van der Waals surface area contributed by atoms with Crippen LogP contribution in [0.15, 0.2) is 108 Å². The molecule has 0 aliphatic heterocycles. The van der Waals surface area contributed by atoms with Crippen LogP contribution in [0.2, 0.25) is 0 Å². The number of aromatic nitrogens is 3. The Balaban J connectivity index is 0.000000179. The van der Waals surface area contributed by atoms with Gasteiger partial charge < -0.3 is 13.8 Å². The third-order valence-electron chi connectivity index (χ3n) is 8.52. The summed E-state index contributed by atoms with van der Waals surface area (Å²) in [6, 6.07) is 37.2. The van der Waals surface area contributed by atoms with Gasteiger partial charge in [0.2, 0.25) is 0 Å². The summed E-state index contributed by atoms with van der Waals surface area (Å²) in [5.74, 6) is 0. The Kier molecular flexibility index (Phi) is 5.67. The molecule has 0 aliphatic rings. The Morgan fingerprint density at radius 1 is 0.812 bits per heavy atom. The van der Waals surface area contributed by atoms with Crippen LogP contribution >= 0.6 is 0 Å². The van der Waals surface area contributed by atoms with Gasteiger partial charge in [0.25, 0.3) is 0 Å². The molecule has 0 saturated heterocycles. The Hall–Kier alpha value is -4.83. The molecule has 4 heterocycles. The Morgan fingerprint density at radius 3 is 2.44 bits per heavy atom. The molecule has 9 rings (SSSR count). The number of hydrogen-bond acceptors (Lipinski definition) is 3. The van der Waals surface area contributed by atoms with Crippen molar-refractivity contribution in [2.45, 2.75) is 46.7 Å². The monoisotopic (exact) mass is 811 g/mol. The number of aryl methyl sites for hydroxylation is 3. The molecule has 5 aromatic carbocycles. The average Bonchev–Trinajstić information content (AvgIpc) is 3.71. The number of fused-ring (bicyclic) bond motifs is 10. The van der Waals surface area contributed by atoms with E-state index in [0.717, 1.165) is 55.6 Å². The zero-order valence-corrected chi connectivity index (χ0v) is 28.8. The SMILES string of the molecule is CC(C)(C)c1cc2cc3c([c-]c2c2nc4ccccc4n12)oc1ccc2ccccc2c13.[2H]C([2H])([2H])c1c[c-]c(-c2cc(C([2H])([2H])[2H])c(C([2H])([2H])[2H])cn2)cc1.[Ir]. The predicted molar refractivity (Wildman–Crippen MR) is 195 cm³/mol. The minimum atomic E-state index is -2.61. The number of benzene rings is 5. The second-order valence-electron chi connectivity index (χ2n) is 12.7. The molecule has 239 valence electrons. The molecule has 0 bridgehead atoms. The van der Waals surface area contributed by atoms with Crippen molar-refractivity contribution in [3.8, 4) is 11.3 Å². The fraction of sp³-hybridized carbons (Fsp3) is 0.163. The predicted octanol–water partition coefficient (Wildman–Crippen LogP) is 11.3.